The molecular formula is C8H6FN3O2. The van der Waals surface area contributed by atoms with E-state index in [1.807, 2.05) is 0 Å². The Kier molecular flexibility index (Phi) is 1.81. The van der Waals surface area contributed by atoms with E-state index in [0.29, 0.717) is 0 Å². The molecule has 0 spiro atoms. The van der Waals surface area contributed by atoms with Gasteiger partial charge < -0.3 is 15.4 Å². The van der Waals surface area contributed by atoms with Gasteiger partial charge in [0.1, 0.15) is 5.52 Å². The van der Waals surface area contributed by atoms with Crippen LogP contribution in [-0.2, 0) is 0 Å². The molecule has 5 nitrogen and oxygen atoms in total. The maximum absolute atomic E-state index is 13.1. The summed E-state index contributed by atoms with van der Waals surface area (Å²) in [6.45, 7) is 0. The van der Waals surface area contributed by atoms with E-state index in [-0.39, 0.29) is 22.8 Å². The average molecular weight is 195 g/mol. The summed E-state index contributed by atoms with van der Waals surface area (Å²) in [7, 11) is 0. The summed E-state index contributed by atoms with van der Waals surface area (Å²) in [5, 5.41) is 11.1. The summed E-state index contributed by atoms with van der Waals surface area (Å²) in [5.74, 6) is -0.906. The maximum atomic E-state index is 13.1. The smallest absolute Gasteiger partial charge is 0.267 e. The monoisotopic (exact) mass is 195 g/mol. The Morgan fingerprint density at radius 2 is 2.36 bits per heavy atom. The Hall–Kier alpha value is -2.11. The lowest BCUT2D eigenvalue weighted by Gasteiger charge is -1.86. The van der Waals surface area contributed by atoms with Crippen LogP contribution in [0.25, 0.3) is 11.1 Å². The summed E-state index contributed by atoms with van der Waals surface area (Å²) >= 11 is 0. The summed E-state index contributed by atoms with van der Waals surface area (Å²) in [6.07, 6.45) is 0. The molecule has 0 aliphatic carbocycles. The van der Waals surface area contributed by atoms with Crippen molar-refractivity contribution in [2.45, 2.75) is 0 Å². The van der Waals surface area contributed by atoms with E-state index in [9.17, 15) is 4.39 Å². The SMILES string of the molecule is N/C(=N/O)c1nc2c(F)cccc2o1. The molecule has 0 saturated heterocycles. The van der Waals surface area contributed by atoms with Gasteiger partial charge in [-0.05, 0) is 12.1 Å². The van der Waals surface area contributed by atoms with Crippen LogP contribution in [0.4, 0.5) is 4.39 Å². The zero-order valence-corrected chi connectivity index (χ0v) is 6.94. The quantitative estimate of drug-likeness (QED) is 0.308. The van der Waals surface area contributed by atoms with Crippen molar-refractivity contribution >= 4 is 16.9 Å². The number of amidine groups is 1. The topological polar surface area (TPSA) is 84.6 Å². The van der Waals surface area contributed by atoms with Crippen molar-refractivity contribution in [2.24, 2.45) is 10.9 Å². The highest BCUT2D eigenvalue weighted by Gasteiger charge is 2.12. The van der Waals surface area contributed by atoms with E-state index < -0.39 is 5.82 Å². The second-order valence-corrected chi connectivity index (χ2v) is 2.59. The molecule has 2 rings (SSSR count). The van der Waals surface area contributed by atoms with Crippen LogP contribution in [0.5, 0.6) is 0 Å². The number of fused-ring (bicyclic) bond motifs is 1. The van der Waals surface area contributed by atoms with Crippen molar-refractivity contribution in [1.82, 2.24) is 4.98 Å². The number of para-hydroxylation sites is 1. The first-order valence-corrected chi connectivity index (χ1v) is 3.75. The highest BCUT2D eigenvalue weighted by atomic mass is 19.1. The first-order valence-electron chi connectivity index (χ1n) is 3.75. The second kappa shape index (κ2) is 2.99. The molecule has 72 valence electrons. The molecule has 0 unspecified atom stereocenters. The number of rotatable bonds is 1. The van der Waals surface area contributed by atoms with E-state index in [4.69, 9.17) is 15.4 Å². The van der Waals surface area contributed by atoms with Crippen molar-refractivity contribution in [3.05, 3.63) is 29.9 Å². The number of oxime groups is 1. The van der Waals surface area contributed by atoms with Gasteiger partial charge in [0.2, 0.25) is 5.84 Å². The van der Waals surface area contributed by atoms with Crippen LogP contribution in [0.15, 0.2) is 27.8 Å². The lowest BCUT2D eigenvalue weighted by molar-refractivity contribution is 0.317. The van der Waals surface area contributed by atoms with Crippen LogP contribution in [0.3, 0.4) is 0 Å². The van der Waals surface area contributed by atoms with Crippen LogP contribution in [0.2, 0.25) is 0 Å². The van der Waals surface area contributed by atoms with Gasteiger partial charge in [-0.1, -0.05) is 11.2 Å². The number of halogens is 1. The van der Waals surface area contributed by atoms with E-state index in [0.717, 1.165) is 0 Å². The largest absolute Gasteiger partial charge is 0.433 e. The van der Waals surface area contributed by atoms with Gasteiger partial charge in [-0.2, -0.15) is 0 Å². The van der Waals surface area contributed by atoms with Gasteiger partial charge in [-0.15, -0.1) is 0 Å². The Labute approximate surface area is 77.6 Å². The Bertz CT molecular complexity index is 506. The van der Waals surface area contributed by atoms with E-state index in [2.05, 4.69) is 10.1 Å². The third kappa shape index (κ3) is 1.17. The third-order valence-electron chi connectivity index (χ3n) is 1.70. The highest BCUT2D eigenvalue weighted by molar-refractivity contribution is 5.94. The van der Waals surface area contributed by atoms with Crippen molar-refractivity contribution in [3.8, 4) is 0 Å². The van der Waals surface area contributed by atoms with Gasteiger partial charge >= 0.3 is 0 Å². The van der Waals surface area contributed by atoms with E-state index >= 15 is 0 Å². The first kappa shape index (κ1) is 8.49. The zero-order chi connectivity index (χ0) is 10.1. The summed E-state index contributed by atoms with van der Waals surface area (Å²) < 4.78 is 18.1. The molecular weight excluding hydrogens is 189 g/mol. The normalized spacial score (nSPS) is 12.2. The minimum Gasteiger partial charge on any atom is -0.433 e. The minimum absolute atomic E-state index is 0.0640. The predicted octanol–water partition coefficient (Wildman–Crippen LogP) is 1.06. The lowest BCUT2D eigenvalue weighted by Crippen LogP contribution is -2.13. The molecule has 0 aliphatic heterocycles. The number of aromatic nitrogens is 1. The van der Waals surface area contributed by atoms with Crippen LogP contribution in [0.1, 0.15) is 5.89 Å². The zero-order valence-electron chi connectivity index (χ0n) is 6.94. The van der Waals surface area contributed by atoms with Gasteiger partial charge in [0.05, 0.1) is 0 Å². The number of nitrogens with zero attached hydrogens (tertiary/aromatic N) is 2. The molecule has 3 N–H and O–H groups in total. The lowest BCUT2D eigenvalue weighted by atomic mass is 10.3. The van der Waals surface area contributed by atoms with Crippen LogP contribution < -0.4 is 5.73 Å². The molecule has 6 heteroatoms. The fourth-order valence-corrected chi connectivity index (χ4v) is 1.07. The van der Waals surface area contributed by atoms with Crippen molar-refractivity contribution < 1.29 is 14.0 Å². The Morgan fingerprint density at radius 3 is 3.00 bits per heavy atom. The average Bonchev–Trinajstić information content (AvgIpc) is 2.62. The van der Waals surface area contributed by atoms with Crippen LogP contribution >= 0.6 is 0 Å². The highest BCUT2D eigenvalue weighted by Crippen LogP contribution is 2.17. The van der Waals surface area contributed by atoms with Gasteiger partial charge in [-0.25, -0.2) is 9.37 Å². The van der Waals surface area contributed by atoms with Crippen molar-refractivity contribution in [1.29, 1.82) is 0 Å². The van der Waals surface area contributed by atoms with Gasteiger partial charge in [0.15, 0.2) is 11.4 Å². The molecule has 0 atom stereocenters. The molecule has 2 aromatic rings. The first-order chi connectivity index (χ1) is 6.72. The Balaban J connectivity index is 2.68. The fraction of sp³-hybridized carbons (Fsp3) is 0. The number of oxazole rings is 1. The van der Waals surface area contributed by atoms with Crippen molar-refractivity contribution in [3.63, 3.8) is 0 Å². The van der Waals surface area contributed by atoms with Gasteiger partial charge in [0, 0.05) is 0 Å². The maximum Gasteiger partial charge on any atom is 0.267 e. The number of nitrogens with two attached hydrogens (primary N) is 1. The third-order valence-corrected chi connectivity index (χ3v) is 1.70. The molecule has 0 aliphatic rings. The van der Waals surface area contributed by atoms with Crippen LogP contribution in [-0.4, -0.2) is 16.0 Å². The number of hydrogen-bond donors (Lipinski definition) is 2. The number of benzene rings is 1. The van der Waals surface area contributed by atoms with Gasteiger partial charge in [-0.3, -0.25) is 0 Å². The Morgan fingerprint density at radius 1 is 1.57 bits per heavy atom. The molecule has 0 saturated carbocycles. The van der Waals surface area contributed by atoms with Crippen LogP contribution in [0, 0.1) is 5.82 Å². The fourth-order valence-electron chi connectivity index (χ4n) is 1.07. The molecule has 0 radical (unpaired) electrons. The molecule has 0 bridgehead atoms. The molecule has 1 aromatic carbocycles. The van der Waals surface area contributed by atoms with Gasteiger partial charge in [0.25, 0.3) is 5.89 Å². The molecule has 1 heterocycles. The molecule has 0 fully saturated rings. The molecule has 0 amide bonds. The summed E-state index contributed by atoms with van der Waals surface area (Å²) in [4.78, 5) is 3.73. The molecule has 1 aromatic heterocycles. The second-order valence-electron chi connectivity index (χ2n) is 2.59. The predicted molar refractivity (Wildman–Crippen MR) is 46.5 cm³/mol. The van der Waals surface area contributed by atoms with E-state index in [1.165, 1.54) is 12.1 Å². The molecule has 14 heavy (non-hydrogen) atoms. The number of hydrogen-bond acceptors (Lipinski definition) is 4. The summed E-state index contributed by atoms with van der Waals surface area (Å²) in [6, 6.07) is 4.28. The van der Waals surface area contributed by atoms with E-state index in [1.54, 1.807) is 6.07 Å². The standard InChI is InChI=1S/C8H6FN3O2/c9-4-2-1-3-5-6(4)11-8(14-5)7(10)12-13/h1-3,13H,(H2,10,12). The minimum atomic E-state index is -0.511. The van der Waals surface area contributed by atoms with Crippen molar-refractivity contribution in [2.75, 3.05) is 0 Å². The summed E-state index contributed by atoms with van der Waals surface area (Å²) in [5.41, 5.74) is 5.55.